The maximum absolute atomic E-state index is 13.4. The second kappa shape index (κ2) is 6.72. The van der Waals surface area contributed by atoms with Crippen LogP contribution in [0.5, 0.6) is 0 Å². The third-order valence-corrected chi connectivity index (χ3v) is 5.82. The van der Waals surface area contributed by atoms with Crippen molar-refractivity contribution in [3.63, 3.8) is 0 Å². The number of aromatic nitrogens is 2. The summed E-state index contributed by atoms with van der Waals surface area (Å²) in [5, 5.41) is 4.79. The molecule has 1 saturated carbocycles. The number of rotatable bonds is 4. The highest BCUT2D eigenvalue weighted by Crippen LogP contribution is 2.40. The normalized spacial score (nSPS) is 16.4. The van der Waals surface area contributed by atoms with Crippen LogP contribution in [0.3, 0.4) is 0 Å². The number of amides is 1. The number of hydrogen-bond acceptors (Lipinski definition) is 5. The van der Waals surface area contributed by atoms with E-state index >= 15 is 0 Å². The Labute approximate surface area is 169 Å². The first-order chi connectivity index (χ1) is 14.0. The predicted molar refractivity (Wildman–Crippen MR) is 113 cm³/mol. The molecule has 0 unspecified atom stereocenters. The summed E-state index contributed by atoms with van der Waals surface area (Å²) in [7, 11) is 4.06. The molecule has 6 heteroatoms. The molecule has 1 fully saturated rings. The van der Waals surface area contributed by atoms with Gasteiger partial charge in [0.2, 0.25) is 0 Å². The number of nitrogens with zero attached hydrogens (tertiary/aromatic N) is 4. The fourth-order valence-corrected chi connectivity index (χ4v) is 3.93. The molecule has 1 aromatic carbocycles. The van der Waals surface area contributed by atoms with Gasteiger partial charge in [-0.2, -0.15) is 0 Å². The molecule has 0 N–H and O–H groups in total. The molecule has 148 valence electrons. The van der Waals surface area contributed by atoms with Gasteiger partial charge in [-0.25, -0.2) is 4.98 Å². The average Bonchev–Trinajstić information content (AvgIpc) is 3.35. The zero-order chi connectivity index (χ0) is 20.1. The van der Waals surface area contributed by atoms with Crippen LogP contribution in [0.1, 0.15) is 46.1 Å². The van der Waals surface area contributed by atoms with Crippen molar-refractivity contribution in [3.05, 3.63) is 58.9 Å². The van der Waals surface area contributed by atoms with Crippen molar-refractivity contribution >= 4 is 28.3 Å². The van der Waals surface area contributed by atoms with E-state index in [1.54, 1.807) is 0 Å². The van der Waals surface area contributed by atoms with Crippen molar-refractivity contribution in [1.29, 1.82) is 0 Å². The van der Waals surface area contributed by atoms with Crippen LogP contribution < -0.4 is 4.90 Å². The largest absolute Gasteiger partial charge is 0.378 e. The van der Waals surface area contributed by atoms with Crippen LogP contribution in [-0.2, 0) is 0 Å². The van der Waals surface area contributed by atoms with Gasteiger partial charge in [0.25, 0.3) is 11.6 Å². The van der Waals surface area contributed by atoms with E-state index in [2.05, 4.69) is 45.4 Å². The Morgan fingerprint density at radius 3 is 2.66 bits per heavy atom. The van der Waals surface area contributed by atoms with Gasteiger partial charge < -0.3 is 14.3 Å². The van der Waals surface area contributed by atoms with Crippen LogP contribution in [0.2, 0.25) is 0 Å². The lowest BCUT2D eigenvalue weighted by Gasteiger charge is -2.18. The monoisotopic (exact) mass is 388 g/mol. The van der Waals surface area contributed by atoms with Crippen LogP contribution >= 0.6 is 0 Å². The lowest BCUT2D eigenvalue weighted by molar-refractivity contribution is 0.0803. The van der Waals surface area contributed by atoms with Crippen molar-refractivity contribution in [3.8, 4) is 0 Å². The van der Waals surface area contributed by atoms with Gasteiger partial charge in [-0.1, -0.05) is 23.4 Å². The van der Waals surface area contributed by atoms with Gasteiger partial charge in [-0.05, 0) is 49.1 Å². The van der Waals surface area contributed by atoms with E-state index in [4.69, 9.17) is 4.52 Å². The summed E-state index contributed by atoms with van der Waals surface area (Å²) in [6.07, 6.45) is 4.39. The van der Waals surface area contributed by atoms with Crippen LogP contribution in [0.4, 0.5) is 5.69 Å². The van der Waals surface area contributed by atoms with E-state index < -0.39 is 0 Å². The number of carbonyl (C=O) groups excluding carboxylic acids is 1. The summed E-state index contributed by atoms with van der Waals surface area (Å²) in [4.78, 5) is 22.0. The maximum atomic E-state index is 13.4. The molecule has 1 aliphatic carbocycles. The lowest BCUT2D eigenvalue weighted by atomic mass is 10.1. The van der Waals surface area contributed by atoms with Gasteiger partial charge in [0, 0.05) is 44.5 Å². The van der Waals surface area contributed by atoms with E-state index in [1.165, 1.54) is 5.57 Å². The maximum Gasteiger partial charge on any atom is 0.259 e. The summed E-state index contributed by atoms with van der Waals surface area (Å²) in [6, 6.07) is 10.4. The summed E-state index contributed by atoms with van der Waals surface area (Å²) in [5.74, 6) is 0.459. The molecule has 0 saturated heterocycles. The first-order valence-corrected chi connectivity index (χ1v) is 10.0. The minimum atomic E-state index is 0.0155. The Hall–Kier alpha value is -3.15. The van der Waals surface area contributed by atoms with E-state index in [1.807, 2.05) is 32.0 Å². The summed E-state index contributed by atoms with van der Waals surface area (Å²) in [5.41, 5.74) is 6.29. The second-order valence-corrected chi connectivity index (χ2v) is 8.17. The molecule has 3 heterocycles. The van der Waals surface area contributed by atoms with Gasteiger partial charge >= 0.3 is 0 Å². The molecule has 5 rings (SSSR count). The summed E-state index contributed by atoms with van der Waals surface area (Å²) in [6.45, 7) is 3.07. The Balaban J connectivity index is 1.41. The van der Waals surface area contributed by atoms with E-state index in [-0.39, 0.29) is 5.91 Å². The van der Waals surface area contributed by atoms with Crippen LogP contribution in [-0.4, -0.2) is 48.1 Å². The quantitative estimate of drug-likeness (QED) is 0.676. The zero-order valence-corrected chi connectivity index (χ0v) is 17.0. The molecule has 0 radical (unpaired) electrons. The van der Waals surface area contributed by atoms with Gasteiger partial charge in [-0.15, -0.1) is 0 Å². The Morgan fingerprint density at radius 1 is 1.21 bits per heavy atom. The molecular weight excluding hydrogens is 364 g/mol. The number of carbonyl (C=O) groups is 1. The third-order valence-electron chi connectivity index (χ3n) is 5.82. The highest BCUT2D eigenvalue weighted by Gasteiger charge is 2.30. The highest BCUT2D eigenvalue weighted by atomic mass is 16.5. The number of aryl methyl sites for hydroxylation is 1. The lowest BCUT2D eigenvalue weighted by Crippen LogP contribution is -2.29. The van der Waals surface area contributed by atoms with Crippen molar-refractivity contribution in [2.75, 3.05) is 32.1 Å². The SMILES string of the molecule is Cc1noc2nc(C3CC3)cc(C(=O)N3CC=C(c4ccc(N(C)C)cc4)C3)c12. The minimum Gasteiger partial charge on any atom is -0.378 e. The van der Waals surface area contributed by atoms with Gasteiger partial charge in [0.1, 0.15) is 0 Å². The first-order valence-electron chi connectivity index (χ1n) is 10.0. The highest BCUT2D eigenvalue weighted by molar-refractivity contribution is 6.07. The number of hydrogen-bond donors (Lipinski definition) is 0. The van der Waals surface area contributed by atoms with Crippen molar-refractivity contribution < 1.29 is 9.32 Å². The Kier molecular flexibility index (Phi) is 4.15. The minimum absolute atomic E-state index is 0.0155. The van der Waals surface area contributed by atoms with Crippen molar-refractivity contribution in [1.82, 2.24) is 15.0 Å². The van der Waals surface area contributed by atoms with Crippen molar-refractivity contribution in [2.24, 2.45) is 0 Å². The first kappa shape index (κ1) is 17.9. The molecule has 0 atom stereocenters. The van der Waals surface area contributed by atoms with Gasteiger partial charge in [0.15, 0.2) is 0 Å². The smallest absolute Gasteiger partial charge is 0.259 e. The topological polar surface area (TPSA) is 62.5 Å². The Morgan fingerprint density at radius 2 is 1.97 bits per heavy atom. The number of anilines is 1. The van der Waals surface area contributed by atoms with Crippen LogP contribution in [0, 0.1) is 6.92 Å². The molecule has 0 spiro atoms. The molecular formula is C23H24N4O2. The van der Waals surface area contributed by atoms with Crippen LogP contribution in [0.15, 0.2) is 40.9 Å². The Bertz CT molecular complexity index is 1120. The molecule has 6 nitrogen and oxygen atoms in total. The van der Waals surface area contributed by atoms with E-state index in [0.29, 0.717) is 36.0 Å². The molecule has 3 aromatic rings. The number of fused-ring (bicyclic) bond motifs is 1. The summed E-state index contributed by atoms with van der Waals surface area (Å²) >= 11 is 0. The molecule has 2 aliphatic rings. The zero-order valence-electron chi connectivity index (χ0n) is 17.0. The summed E-state index contributed by atoms with van der Waals surface area (Å²) < 4.78 is 5.39. The molecule has 29 heavy (non-hydrogen) atoms. The fourth-order valence-electron chi connectivity index (χ4n) is 3.93. The van der Waals surface area contributed by atoms with Gasteiger partial charge in [0.05, 0.1) is 16.6 Å². The third kappa shape index (κ3) is 3.18. The average molecular weight is 388 g/mol. The van der Waals surface area contributed by atoms with E-state index in [9.17, 15) is 4.79 Å². The fraction of sp³-hybridized carbons (Fsp3) is 0.348. The molecule has 1 aliphatic heterocycles. The number of pyridine rings is 1. The van der Waals surface area contributed by atoms with Crippen molar-refractivity contribution in [2.45, 2.75) is 25.7 Å². The standard InChI is InChI=1S/C23H24N4O2/c1-14-21-19(12-20(16-4-5-16)24-22(21)29-25-14)23(28)27-11-10-17(13-27)15-6-8-18(9-7-15)26(2)3/h6-10,12,16H,4-5,11,13H2,1-3H3. The number of benzene rings is 1. The van der Waals surface area contributed by atoms with Gasteiger partial charge in [-0.3, -0.25) is 4.79 Å². The van der Waals surface area contributed by atoms with E-state index in [0.717, 1.165) is 35.2 Å². The second-order valence-electron chi connectivity index (χ2n) is 8.17. The molecule has 2 aromatic heterocycles. The molecule has 0 bridgehead atoms. The predicted octanol–water partition coefficient (Wildman–Crippen LogP) is 4.01. The molecule has 1 amide bonds. The van der Waals surface area contributed by atoms with Crippen LogP contribution in [0.25, 0.3) is 16.7 Å².